The quantitative estimate of drug-likeness (QED) is 0.613. The van der Waals surface area contributed by atoms with Crippen molar-refractivity contribution >= 4 is 23.3 Å². The number of hydrogen-bond acceptors (Lipinski definition) is 4. The van der Waals surface area contributed by atoms with E-state index in [0.717, 1.165) is 60.1 Å². The number of aryl methyl sites for hydroxylation is 3. The third-order valence-corrected chi connectivity index (χ3v) is 6.51. The molecular weight excluding hydrogens is 380 g/mol. The van der Waals surface area contributed by atoms with Crippen molar-refractivity contribution in [2.45, 2.75) is 32.2 Å². The van der Waals surface area contributed by atoms with Gasteiger partial charge in [-0.25, -0.2) is 4.98 Å². The van der Waals surface area contributed by atoms with Crippen LogP contribution >= 0.6 is 11.8 Å². The molecule has 0 N–H and O–H groups in total. The number of carbonyl (C=O) groups is 1. The number of carbonyl (C=O) groups excluding carboxylic acids is 1. The second kappa shape index (κ2) is 8.20. The maximum Gasteiger partial charge on any atom is 0.254 e. The highest BCUT2D eigenvalue weighted by Crippen LogP contribution is 2.22. The van der Waals surface area contributed by atoms with Crippen molar-refractivity contribution in [2.75, 3.05) is 32.4 Å². The first-order chi connectivity index (χ1) is 14.0. The molecule has 0 spiro atoms. The standard InChI is InChI=1S/C23H28N4OS/c1-16-7-8-27-21(18(3)24-22(27)13-16)15-25-9-11-26(12-10-25)23(28)20-14-19(29-4)6-5-17(20)2/h5-8,13-14H,9-12,15H2,1-4H3. The number of nitrogens with zero attached hydrogens (tertiary/aromatic N) is 4. The number of thioether (sulfide) groups is 1. The number of imidazole rings is 1. The van der Waals surface area contributed by atoms with Crippen LogP contribution in [-0.4, -0.2) is 57.5 Å². The Morgan fingerprint density at radius 3 is 2.55 bits per heavy atom. The smallest absolute Gasteiger partial charge is 0.254 e. The Hall–Kier alpha value is -2.31. The third kappa shape index (κ3) is 4.05. The minimum absolute atomic E-state index is 0.152. The highest BCUT2D eigenvalue weighted by molar-refractivity contribution is 7.98. The zero-order valence-corrected chi connectivity index (χ0v) is 18.4. The van der Waals surface area contributed by atoms with Gasteiger partial charge in [-0.1, -0.05) is 6.07 Å². The molecule has 0 aliphatic carbocycles. The van der Waals surface area contributed by atoms with Gasteiger partial charge in [-0.05, 0) is 62.4 Å². The minimum atomic E-state index is 0.152. The van der Waals surface area contributed by atoms with Crippen LogP contribution in [0.25, 0.3) is 5.65 Å². The molecule has 1 aromatic carbocycles. The van der Waals surface area contributed by atoms with Gasteiger partial charge < -0.3 is 9.30 Å². The fourth-order valence-corrected chi connectivity index (χ4v) is 4.39. The molecule has 152 valence electrons. The molecule has 0 saturated carbocycles. The number of amides is 1. The fourth-order valence-electron chi connectivity index (χ4n) is 3.96. The number of fused-ring (bicyclic) bond motifs is 1. The SMILES string of the molecule is CSc1ccc(C)c(C(=O)N2CCN(Cc3c(C)nc4cc(C)ccn34)CC2)c1. The first-order valence-corrected chi connectivity index (χ1v) is 11.3. The fraction of sp³-hybridized carbons (Fsp3) is 0.391. The van der Waals surface area contributed by atoms with Crippen molar-refractivity contribution in [1.29, 1.82) is 0 Å². The Morgan fingerprint density at radius 1 is 1.07 bits per heavy atom. The van der Waals surface area contributed by atoms with Crippen molar-refractivity contribution in [2.24, 2.45) is 0 Å². The first kappa shape index (κ1) is 20.0. The van der Waals surface area contributed by atoms with E-state index in [1.807, 2.05) is 30.2 Å². The van der Waals surface area contributed by atoms with Gasteiger partial charge >= 0.3 is 0 Å². The second-order valence-corrected chi connectivity index (χ2v) is 8.71. The summed E-state index contributed by atoms with van der Waals surface area (Å²) in [6, 6.07) is 10.4. The zero-order chi connectivity index (χ0) is 20.5. The number of piperazine rings is 1. The lowest BCUT2D eigenvalue weighted by Gasteiger charge is -2.35. The number of rotatable bonds is 4. The van der Waals surface area contributed by atoms with E-state index in [4.69, 9.17) is 4.98 Å². The molecule has 3 heterocycles. The van der Waals surface area contributed by atoms with Crippen LogP contribution in [0.2, 0.25) is 0 Å². The Labute approximate surface area is 176 Å². The van der Waals surface area contributed by atoms with Crippen molar-refractivity contribution in [3.63, 3.8) is 0 Å². The van der Waals surface area contributed by atoms with E-state index in [9.17, 15) is 4.79 Å². The van der Waals surface area contributed by atoms with Crippen LogP contribution in [0.1, 0.15) is 32.9 Å². The Bertz CT molecular complexity index is 1050. The average molecular weight is 409 g/mol. The molecule has 1 aliphatic rings. The Morgan fingerprint density at radius 2 is 1.83 bits per heavy atom. The molecule has 3 aromatic rings. The molecule has 1 amide bonds. The summed E-state index contributed by atoms with van der Waals surface area (Å²) in [6.07, 6.45) is 4.16. The summed E-state index contributed by atoms with van der Waals surface area (Å²) in [5, 5.41) is 0. The van der Waals surface area contributed by atoms with Crippen LogP contribution in [0.3, 0.4) is 0 Å². The lowest BCUT2D eigenvalue weighted by molar-refractivity contribution is 0.0625. The van der Waals surface area contributed by atoms with Crippen molar-refractivity contribution < 1.29 is 4.79 Å². The number of hydrogen-bond donors (Lipinski definition) is 0. The summed E-state index contributed by atoms with van der Waals surface area (Å²) in [6.45, 7) is 10.3. The molecule has 1 saturated heterocycles. The van der Waals surface area contributed by atoms with Crippen LogP contribution in [0, 0.1) is 20.8 Å². The summed E-state index contributed by atoms with van der Waals surface area (Å²) in [4.78, 5) is 23.3. The van der Waals surface area contributed by atoms with Gasteiger partial charge in [-0.15, -0.1) is 11.8 Å². The molecule has 6 heteroatoms. The summed E-state index contributed by atoms with van der Waals surface area (Å²) in [7, 11) is 0. The van der Waals surface area contributed by atoms with Crippen LogP contribution in [0.5, 0.6) is 0 Å². The van der Waals surface area contributed by atoms with Gasteiger partial charge in [0.1, 0.15) is 5.65 Å². The molecule has 0 unspecified atom stereocenters. The summed E-state index contributed by atoms with van der Waals surface area (Å²) in [5.41, 5.74) is 6.43. The van der Waals surface area contributed by atoms with E-state index >= 15 is 0 Å². The second-order valence-electron chi connectivity index (χ2n) is 7.83. The predicted octanol–water partition coefficient (Wildman–Crippen LogP) is 3.94. The van der Waals surface area contributed by atoms with Crippen molar-refractivity contribution in [1.82, 2.24) is 19.2 Å². The van der Waals surface area contributed by atoms with Gasteiger partial charge in [-0.3, -0.25) is 9.69 Å². The summed E-state index contributed by atoms with van der Waals surface area (Å²) < 4.78 is 2.19. The first-order valence-electron chi connectivity index (χ1n) is 10.1. The molecule has 5 nitrogen and oxygen atoms in total. The third-order valence-electron chi connectivity index (χ3n) is 5.79. The average Bonchev–Trinajstić information content (AvgIpc) is 3.02. The zero-order valence-electron chi connectivity index (χ0n) is 17.6. The molecule has 1 aliphatic heterocycles. The minimum Gasteiger partial charge on any atom is -0.336 e. The normalized spacial score (nSPS) is 15.2. The van der Waals surface area contributed by atoms with Gasteiger partial charge in [0.2, 0.25) is 0 Å². The van der Waals surface area contributed by atoms with Gasteiger partial charge in [0, 0.05) is 49.4 Å². The Balaban J connectivity index is 1.44. The van der Waals surface area contributed by atoms with Crippen LogP contribution < -0.4 is 0 Å². The largest absolute Gasteiger partial charge is 0.336 e. The molecule has 4 rings (SSSR count). The highest BCUT2D eigenvalue weighted by atomic mass is 32.2. The number of pyridine rings is 1. The van der Waals surface area contributed by atoms with Crippen LogP contribution in [0.4, 0.5) is 0 Å². The molecule has 0 atom stereocenters. The van der Waals surface area contributed by atoms with Crippen LogP contribution in [-0.2, 0) is 6.54 Å². The lowest BCUT2D eigenvalue weighted by Crippen LogP contribution is -2.48. The molecule has 29 heavy (non-hydrogen) atoms. The lowest BCUT2D eigenvalue weighted by atomic mass is 10.1. The van der Waals surface area contributed by atoms with Gasteiger partial charge in [0.25, 0.3) is 5.91 Å². The van der Waals surface area contributed by atoms with E-state index < -0.39 is 0 Å². The van der Waals surface area contributed by atoms with Crippen molar-refractivity contribution in [3.05, 3.63) is 64.6 Å². The molecule has 1 fully saturated rings. The summed E-state index contributed by atoms with van der Waals surface area (Å²) >= 11 is 1.67. The predicted molar refractivity (Wildman–Crippen MR) is 119 cm³/mol. The van der Waals surface area contributed by atoms with Gasteiger partial charge in [-0.2, -0.15) is 0 Å². The molecule has 0 bridgehead atoms. The van der Waals surface area contributed by atoms with Gasteiger partial charge in [0.15, 0.2) is 0 Å². The monoisotopic (exact) mass is 408 g/mol. The maximum atomic E-state index is 13.1. The molecule has 2 aromatic heterocycles. The topological polar surface area (TPSA) is 40.9 Å². The van der Waals surface area contributed by atoms with Crippen molar-refractivity contribution in [3.8, 4) is 0 Å². The molecular formula is C23H28N4OS. The van der Waals surface area contributed by atoms with E-state index in [1.54, 1.807) is 11.8 Å². The van der Waals surface area contributed by atoms with Gasteiger partial charge in [0.05, 0.1) is 11.4 Å². The van der Waals surface area contributed by atoms with Crippen LogP contribution in [0.15, 0.2) is 41.4 Å². The van der Waals surface area contributed by atoms with E-state index in [-0.39, 0.29) is 5.91 Å². The number of benzene rings is 1. The number of aromatic nitrogens is 2. The van der Waals surface area contributed by atoms with E-state index in [1.165, 1.54) is 11.3 Å². The van der Waals surface area contributed by atoms with E-state index in [2.05, 4.69) is 47.5 Å². The van der Waals surface area contributed by atoms with E-state index in [0.29, 0.717) is 0 Å². The molecule has 0 radical (unpaired) electrons. The maximum absolute atomic E-state index is 13.1. The highest BCUT2D eigenvalue weighted by Gasteiger charge is 2.24. The summed E-state index contributed by atoms with van der Waals surface area (Å²) in [5.74, 6) is 0.152. The Kier molecular flexibility index (Phi) is 5.65.